The van der Waals surface area contributed by atoms with Crippen LogP contribution < -0.4 is 15.5 Å². The molecular weight excluding hydrogens is 358 g/mol. The first-order chi connectivity index (χ1) is 13.2. The summed E-state index contributed by atoms with van der Waals surface area (Å²) in [5.41, 5.74) is -0.0199. The van der Waals surface area contributed by atoms with Crippen LogP contribution in [0.4, 0.5) is 16.6 Å². The summed E-state index contributed by atoms with van der Waals surface area (Å²) in [4.78, 5) is 31.1. The Morgan fingerprint density at radius 3 is 2.64 bits per heavy atom. The minimum Gasteiger partial charge on any atom is -0.444 e. The Bertz CT molecular complexity index is 782. The quantitative estimate of drug-likeness (QED) is 0.595. The van der Waals surface area contributed by atoms with Crippen LogP contribution in [0, 0.1) is 11.8 Å². The van der Waals surface area contributed by atoms with Crippen LogP contribution in [0.2, 0.25) is 0 Å². The van der Waals surface area contributed by atoms with Gasteiger partial charge in [0, 0.05) is 33.1 Å². The molecule has 1 fully saturated rings. The highest BCUT2D eigenvalue weighted by Crippen LogP contribution is 2.26. The summed E-state index contributed by atoms with van der Waals surface area (Å²) in [5.74, 6) is 7.06. The number of carbonyl (C=O) groups excluding carboxylic acids is 2. The molecule has 1 saturated heterocycles. The first-order valence-electron chi connectivity index (χ1n) is 9.59. The predicted octanol–water partition coefficient (Wildman–Crippen LogP) is 2.64. The SMILES string of the molecule is CC#CCn1c(N2CCC[C@@H](NC(=O)OC(C)(C)C)C2)nc(NC)c1C(C)=O. The highest BCUT2D eigenvalue weighted by Gasteiger charge is 2.29. The number of alkyl carbamates (subject to hydrolysis) is 1. The summed E-state index contributed by atoms with van der Waals surface area (Å²) in [5, 5.41) is 5.95. The summed E-state index contributed by atoms with van der Waals surface area (Å²) in [6.45, 7) is 10.6. The van der Waals surface area contributed by atoms with Gasteiger partial charge >= 0.3 is 6.09 Å². The lowest BCUT2D eigenvalue weighted by molar-refractivity contribution is 0.0499. The van der Waals surface area contributed by atoms with E-state index in [0.717, 1.165) is 19.4 Å². The van der Waals surface area contributed by atoms with E-state index in [1.165, 1.54) is 6.92 Å². The third-order valence-corrected chi connectivity index (χ3v) is 4.36. The summed E-state index contributed by atoms with van der Waals surface area (Å²) < 4.78 is 7.22. The summed E-state index contributed by atoms with van der Waals surface area (Å²) in [6, 6.07) is -0.0511. The van der Waals surface area contributed by atoms with Crippen molar-refractivity contribution in [2.75, 3.05) is 30.4 Å². The van der Waals surface area contributed by atoms with Gasteiger partial charge < -0.3 is 20.3 Å². The fourth-order valence-electron chi connectivity index (χ4n) is 3.27. The standard InChI is InChI=1S/C20H31N5O3/c1-7-8-12-25-16(14(2)26)17(21-6)23-18(25)24-11-9-10-15(13-24)22-19(27)28-20(3,4)5/h15,21H,9-13H2,1-6H3,(H,22,27)/t15-/m1/s1. The Morgan fingerprint density at radius 2 is 2.07 bits per heavy atom. The number of Topliss-reactive ketones (excluding diaryl/α,β-unsaturated/α-hetero) is 1. The van der Waals surface area contributed by atoms with Gasteiger partial charge in [-0.25, -0.2) is 4.79 Å². The maximum Gasteiger partial charge on any atom is 0.407 e. The van der Waals surface area contributed by atoms with E-state index in [1.807, 2.05) is 25.3 Å². The molecule has 8 heteroatoms. The van der Waals surface area contributed by atoms with Crippen LogP contribution in [-0.2, 0) is 11.3 Å². The number of rotatable bonds is 5. The van der Waals surface area contributed by atoms with E-state index < -0.39 is 11.7 Å². The molecule has 8 nitrogen and oxygen atoms in total. The van der Waals surface area contributed by atoms with E-state index in [-0.39, 0.29) is 11.8 Å². The fraction of sp³-hybridized carbons (Fsp3) is 0.650. The number of hydrogen-bond donors (Lipinski definition) is 2. The van der Waals surface area contributed by atoms with Crippen LogP contribution in [0.3, 0.4) is 0 Å². The van der Waals surface area contributed by atoms with Crippen LogP contribution in [-0.4, -0.2) is 53.2 Å². The second-order valence-corrected chi connectivity index (χ2v) is 7.86. The molecule has 1 aliphatic rings. The Morgan fingerprint density at radius 1 is 1.36 bits per heavy atom. The zero-order valence-electron chi connectivity index (χ0n) is 17.7. The minimum absolute atomic E-state index is 0.0511. The Hall–Kier alpha value is -2.69. The van der Waals surface area contributed by atoms with Crippen molar-refractivity contribution < 1.29 is 14.3 Å². The van der Waals surface area contributed by atoms with E-state index in [4.69, 9.17) is 4.74 Å². The zero-order valence-corrected chi connectivity index (χ0v) is 17.7. The van der Waals surface area contributed by atoms with Crippen molar-refractivity contribution >= 4 is 23.6 Å². The van der Waals surface area contributed by atoms with Gasteiger partial charge in [-0.15, -0.1) is 5.92 Å². The van der Waals surface area contributed by atoms with Gasteiger partial charge in [0.2, 0.25) is 5.95 Å². The van der Waals surface area contributed by atoms with E-state index >= 15 is 0 Å². The molecule has 0 aliphatic carbocycles. The van der Waals surface area contributed by atoms with Crippen molar-refractivity contribution in [3.63, 3.8) is 0 Å². The number of carbonyl (C=O) groups is 2. The number of ether oxygens (including phenoxy) is 1. The van der Waals surface area contributed by atoms with Gasteiger partial charge in [-0.1, -0.05) is 5.92 Å². The molecule has 0 unspecified atom stereocenters. The second kappa shape index (κ2) is 9.00. The van der Waals surface area contributed by atoms with Crippen molar-refractivity contribution in [2.24, 2.45) is 0 Å². The molecule has 1 aliphatic heterocycles. The molecule has 1 aromatic rings. The third kappa shape index (κ3) is 5.41. The summed E-state index contributed by atoms with van der Waals surface area (Å²) in [7, 11) is 1.75. The van der Waals surface area contributed by atoms with Gasteiger partial charge in [0.05, 0.1) is 6.54 Å². The van der Waals surface area contributed by atoms with E-state index in [1.54, 1.807) is 14.0 Å². The summed E-state index contributed by atoms with van der Waals surface area (Å²) in [6.07, 6.45) is 1.35. The lowest BCUT2D eigenvalue weighted by Gasteiger charge is -2.34. The van der Waals surface area contributed by atoms with Gasteiger partial charge in [0.15, 0.2) is 11.6 Å². The topological polar surface area (TPSA) is 88.5 Å². The molecule has 1 aromatic heterocycles. The molecule has 0 saturated carbocycles. The number of nitrogens with one attached hydrogen (secondary N) is 2. The maximum atomic E-state index is 12.2. The Kier molecular flexibility index (Phi) is 6.95. The number of hydrogen-bond acceptors (Lipinski definition) is 6. The number of imidazole rings is 1. The minimum atomic E-state index is -0.536. The van der Waals surface area contributed by atoms with Crippen LogP contribution in [0.5, 0.6) is 0 Å². The zero-order chi connectivity index (χ0) is 20.9. The van der Waals surface area contributed by atoms with Crippen molar-refractivity contribution in [1.29, 1.82) is 0 Å². The monoisotopic (exact) mass is 389 g/mol. The van der Waals surface area contributed by atoms with E-state index in [9.17, 15) is 9.59 Å². The molecular formula is C20H31N5O3. The second-order valence-electron chi connectivity index (χ2n) is 7.86. The first kappa shape index (κ1) is 21.6. The Labute approximate surface area is 167 Å². The highest BCUT2D eigenvalue weighted by atomic mass is 16.6. The van der Waals surface area contributed by atoms with Gasteiger partial charge in [0.25, 0.3) is 0 Å². The van der Waals surface area contributed by atoms with Crippen molar-refractivity contribution in [3.05, 3.63) is 5.69 Å². The van der Waals surface area contributed by atoms with Crippen LogP contribution in [0.1, 0.15) is 57.9 Å². The lowest BCUT2D eigenvalue weighted by Crippen LogP contribution is -2.49. The molecule has 1 amide bonds. The average Bonchev–Trinajstić information content (AvgIpc) is 2.97. The van der Waals surface area contributed by atoms with Crippen molar-refractivity contribution in [1.82, 2.24) is 14.9 Å². The number of aromatic nitrogens is 2. The fourth-order valence-corrected chi connectivity index (χ4v) is 3.27. The van der Waals surface area contributed by atoms with Gasteiger partial charge in [-0.2, -0.15) is 4.98 Å². The van der Waals surface area contributed by atoms with Gasteiger partial charge in [-0.3, -0.25) is 9.36 Å². The number of nitrogens with zero attached hydrogens (tertiary/aromatic N) is 3. The molecule has 0 bridgehead atoms. The molecule has 2 heterocycles. The number of amides is 1. The predicted molar refractivity (Wildman–Crippen MR) is 110 cm³/mol. The molecule has 1 atom stereocenters. The van der Waals surface area contributed by atoms with Gasteiger partial charge in [0.1, 0.15) is 11.3 Å². The maximum absolute atomic E-state index is 12.2. The van der Waals surface area contributed by atoms with Crippen molar-refractivity contribution in [3.8, 4) is 11.8 Å². The molecule has 154 valence electrons. The number of piperidine rings is 1. The first-order valence-corrected chi connectivity index (χ1v) is 9.59. The lowest BCUT2D eigenvalue weighted by atomic mass is 10.1. The molecule has 28 heavy (non-hydrogen) atoms. The van der Waals surface area contributed by atoms with Crippen LogP contribution >= 0.6 is 0 Å². The highest BCUT2D eigenvalue weighted by molar-refractivity contribution is 5.98. The molecule has 0 aromatic carbocycles. The van der Waals surface area contributed by atoms with Crippen LogP contribution in [0.25, 0.3) is 0 Å². The number of ketones is 1. The van der Waals surface area contributed by atoms with Crippen LogP contribution in [0.15, 0.2) is 0 Å². The van der Waals surface area contributed by atoms with Crippen molar-refractivity contribution in [2.45, 2.75) is 65.6 Å². The smallest absolute Gasteiger partial charge is 0.407 e. The Balaban J connectivity index is 2.24. The molecule has 0 radical (unpaired) electrons. The third-order valence-electron chi connectivity index (χ3n) is 4.36. The molecule has 0 spiro atoms. The van der Waals surface area contributed by atoms with E-state index in [2.05, 4.69) is 32.4 Å². The normalized spacial score (nSPS) is 16.8. The number of anilines is 2. The molecule has 2 rings (SSSR count). The average molecular weight is 390 g/mol. The molecule has 2 N–H and O–H groups in total. The largest absolute Gasteiger partial charge is 0.444 e. The van der Waals surface area contributed by atoms with E-state index in [0.29, 0.717) is 30.5 Å². The van der Waals surface area contributed by atoms with Gasteiger partial charge in [-0.05, 0) is 40.5 Å². The summed E-state index contributed by atoms with van der Waals surface area (Å²) >= 11 is 0.